The molecule has 0 amide bonds. The molecule has 0 saturated heterocycles. The van der Waals surface area contributed by atoms with Crippen LogP contribution in [0, 0.1) is 36.2 Å². The molecule has 3 aromatic rings. The molecule has 3 aromatic carbocycles. The fourth-order valence-electron chi connectivity index (χ4n) is 2.55. The van der Waals surface area contributed by atoms with Crippen LogP contribution in [0.15, 0.2) is 64.8 Å². The Morgan fingerprint density at radius 3 is 2.07 bits per heavy atom. The van der Waals surface area contributed by atoms with Gasteiger partial charge in [-0.25, -0.2) is 13.2 Å². The van der Waals surface area contributed by atoms with Crippen LogP contribution in [-0.2, 0) is 6.42 Å². The van der Waals surface area contributed by atoms with Crippen LogP contribution in [-0.4, -0.2) is 0 Å². The summed E-state index contributed by atoms with van der Waals surface area (Å²) in [5.41, 5.74) is 4.38. The van der Waals surface area contributed by atoms with Crippen molar-refractivity contribution in [2.45, 2.75) is 20.3 Å². The van der Waals surface area contributed by atoms with E-state index < -0.39 is 17.5 Å². The molecule has 0 atom stereocenters. The lowest BCUT2D eigenvalue weighted by atomic mass is 10.0. The standard InChI is InChI=1S/C23H17F3N2/c1-3-17-12-19(27-28-20-13-21(24)23(26)22(25)14-20)11-10-18(17)9-8-16-6-4-15(2)5-7-16/h4-7,10-14H,3H2,1-2H3. The van der Waals surface area contributed by atoms with E-state index in [1.54, 1.807) is 6.07 Å². The molecule has 28 heavy (non-hydrogen) atoms. The smallest absolute Gasteiger partial charge is 0.194 e. The molecule has 0 heterocycles. The van der Waals surface area contributed by atoms with Crippen LogP contribution in [0.4, 0.5) is 24.5 Å². The summed E-state index contributed by atoms with van der Waals surface area (Å²) in [7, 11) is 0. The lowest BCUT2D eigenvalue weighted by molar-refractivity contribution is 0.447. The summed E-state index contributed by atoms with van der Waals surface area (Å²) in [6, 6.07) is 14.9. The Balaban J connectivity index is 1.84. The molecule has 2 nitrogen and oxygen atoms in total. The minimum atomic E-state index is -1.52. The average Bonchev–Trinajstić information content (AvgIpc) is 2.70. The second-order valence-corrected chi connectivity index (χ2v) is 6.23. The number of hydrogen-bond acceptors (Lipinski definition) is 2. The van der Waals surface area contributed by atoms with Gasteiger partial charge in [0.05, 0.1) is 11.4 Å². The highest BCUT2D eigenvalue weighted by atomic mass is 19.2. The summed E-state index contributed by atoms with van der Waals surface area (Å²) in [5.74, 6) is 2.17. The van der Waals surface area contributed by atoms with Crippen molar-refractivity contribution in [3.63, 3.8) is 0 Å². The summed E-state index contributed by atoms with van der Waals surface area (Å²) in [5, 5.41) is 7.78. The van der Waals surface area contributed by atoms with Crippen molar-refractivity contribution in [1.29, 1.82) is 0 Å². The molecule has 0 aliphatic rings. The van der Waals surface area contributed by atoms with E-state index in [0.717, 1.165) is 35.2 Å². The Morgan fingerprint density at radius 2 is 1.43 bits per heavy atom. The van der Waals surface area contributed by atoms with Gasteiger partial charge in [0.2, 0.25) is 0 Å². The molecular formula is C23H17F3N2. The van der Waals surface area contributed by atoms with Crippen molar-refractivity contribution < 1.29 is 13.2 Å². The number of hydrogen-bond donors (Lipinski definition) is 0. The highest BCUT2D eigenvalue weighted by molar-refractivity contribution is 5.52. The molecular weight excluding hydrogens is 361 g/mol. The summed E-state index contributed by atoms with van der Waals surface area (Å²) in [6.45, 7) is 4.02. The maximum atomic E-state index is 13.3. The van der Waals surface area contributed by atoms with Gasteiger partial charge >= 0.3 is 0 Å². The van der Waals surface area contributed by atoms with Gasteiger partial charge in [-0.2, -0.15) is 10.2 Å². The number of benzene rings is 3. The topological polar surface area (TPSA) is 24.7 Å². The van der Waals surface area contributed by atoms with E-state index in [1.165, 1.54) is 5.56 Å². The SMILES string of the molecule is CCc1cc(N=Nc2cc(F)c(F)c(F)c2)ccc1C#Cc1ccc(C)cc1. The Kier molecular flexibility index (Phi) is 5.90. The lowest BCUT2D eigenvalue weighted by Gasteiger charge is -2.03. The van der Waals surface area contributed by atoms with Gasteiger partial charge in [-0.15, -0.1) is 0 Å². The molecule has 0 radical (unpaired) electrons. The molecule has 0 bridgehead atoms. The second kappa shape index (κ2) is 8.53. The molecule has 0 aromatic heterocycles. The molecule has 0 aliphatic carbocycles. The number of aryl methyl sites for hydroxylation is 2. The van der Waals surface area contributed by atoms with Crippen molar-refractivity contribution in [1.82, 2.24) is 0 Å². The van der Waals surface area contributed by atoms with E-state index in [0.29, 0.717) is 5.69 Å². The van der Waals surface area contributed by atoms with Gasteiger partial charge in [0.15, 0.2) is 17.5 Å². The van der Waals surface area contributed by atoms with E-state index in [1.807, 2.05) is 50.2 Å². The van der Waals surface area contributed by atoms with Crippen molar-refractivity contribution in [2.24, 2.45) is 10.2 Å². The van der Waals surface area contributed by atoms with Crippen molar-refractivity contribution in [3.8, 4) is 11.8 Å². The molecule has 0 N–H and O–H groups in total. The highest BCUT2D eigenvalue weighted by Crippen LogP contribution is 2.24. The zero-order valence-corrected chi connectivity index (χ0v) is 15.4. The normalized spacial score (nSPS) is 10.8. The van der Waals surface area contributed by atoms with Gasteiger partial charge in [-0.3, -0.25) is 0 Å². The predicted octanol–water partition coefficient (Wildman–Crippen LogP) is 6.79. The Labute approximate surface area is 161 Å². The van der Waals surface area contributed by atoms with Crippen LogP contribution >= 0.6 is 0 Å². The quantitative estimate of drug-likeness (QED) is 0.272. The number of azo groups is 1. The number of halogens is 3. The van der Waals surface area contributed by atoms with Crippen LogP contribution in [0.2, 0.25) is 0 Å². The minimum Gasteiger partial charge on any atom is -0.204 e. The third-order valence-corrected chi connectivity index (χ3v) is 4.11. The zero-order chi connectivity index (χ0) is 20.1. The molecule has 5 heteroatoms. The third-order valence-electron chi connectivity index (χ3n) is 4.11. The fraction of sp³-hybridized carbons (Fsp3) is 0.130. The van der Waals surface area contributed by atoms with Crippen molar-refractivity contribution in [3.05, 3.63) is 94.3 Å². The van der Waals surface area contributed by atoms with Crippen LogP contribution < -0.4 is 0 Å². The Bertz CT molecular complexity index is 1070. The minimum absolute atomic E-state index is 0.0994. The number of rotatable bonds is 3. The summed E-state index contributed by atoms with van der Waals surface area (Å²) in [4.78, 5) is 0. The Morgan fingerprint density at radius 1 is 0.786 bits per heavy atom. The van der Waals surface area contributed by atoms with E-state index in [-0.39, 0.29) is 5.69 Å². The lowest BCUT2D eigenvalue weighted by Crippen LogP contribution is -1.88. The van der Waals surface area contributed by atoms with E-state index in [4.69, 9.17) is 0 Å². The summed E-state index contributed by atoms with van der Waals surface area (Å²) >= 11 is 0. The highest BCUT2D eigenvalue weighted by Gasteiger charge is 2.10. The predicted molar refractivity (Wildman–Crippen MR) is 103 cm³/mol. The van der Waals surface area contributed by atoms with Crippen LogP contribution in [0.3, 0.4) is 0 Å². The van der Waals surface area contributed by atoms with Crippen LogP contribution in [0.5, 0.6) is 0 Å². The van der Waals surface area contributed by atoms with Gasteiger partial charge in [0.1, 0.15) is 0 Å². The third kappa shape index (κ3) is 4.66. The first kappa shape index (κ1) is 19.4. The van der Waals surface area contributed by atoms with Crippen LogP contribution in [0.25, 0.3) is 0 Å². The van der Waals surface area contributed by atoms with Gasteiger partial charge in [-0.05, 0) is 49.2 Å². The molecule has 140 valence electrons. The van der Waals surface area contributed by atoms with Gasteiger partial charge < -0.3 is 0 Å². The second-order valence-electron chi connectivity index (χ2n) is 6.23. The van der Waals surface area contributed by atoms with Gasteiger partial charge in [-0.1, -0.05) is 36.5 Å². The summed E-state index contributed by atoms with van der Waals surface area (Å²) < 4.78 is 39.5. The Hall–Kier alpha value is -3.39. The van der Waals surface area contributed by atoms with E-state index >= 15 is 0 Å². The van der Waals surface area contributed by atoms with Gasteiger partial charge in [0, 0.05) is 23.3 Å². The summed E-state index contributed by atoms with van der Waals surface area (Å²) in [6.07, 6.45) is 0.737. The first-order valence-electron chi connectivity index (χ1n) is 8.74. The van der Waals surface area contributed by atoms with Crippen molar-refractivity contribution in [2.75, 3.05) is 0 Å². The zero-order valence-electron chi connectivity index (χ0n) is 15.4. The maximum Gasteiger partial charge on any atom is 0.194 e. The van der Waals surface area contributed by atoms with Crippen molar-refractivity contribution >= 4 is 11.4 Å². The molecule has 0 aliphatic heterocycles. The first-order chi connectivity index (χ1) is 13.5. The van der Waals surface area contributed by atoms with Crippen LogP contribution in [0.1, 0.15) is 29.2 Å². The van der Waals surface area contributed by atoms with E-state index in [9.17, 15) is 13.2 Å². The van der Waals surface area contributed by atoms with E-state index in [2.05, 4.69) is 22.1 Å². The average molecular weight is 378 g/mol. The molecule has 0 spiro atoms. The monoisotopic (exact) mass is 378 g/mol. The largest absolute Gasteiger partial charge is 0.204 e. The number of nitrogens with zero attached hydrogens (tertiary/aromatic N) is 2. The first-order valence-corrected chi connectivity index (χ1v) is 8.74. The molecule has 0 fully saturated rings. The molecule has 0 saturated carbocycles. The fourth-order valence-corrected chi connectivity index (χ4v) is 2.55. The van der Waals surface area contributed by atoms with Gasteiger partial charge in [0.25, 0.3) is 0 Å². The molecule has 0 unspecified atom stereocenters. The molecule has 3 rings (SSSR count). The maximum absolute atomic E-state index is 13.3.